The van der Waals surface area contributed by atoms with Crippen molar-refractivity contribution in [1.82, 2.24) is 5.32 Å². The summed E-state index contributed by atoms with van der Waals surface area (Å²) in [5.74, 6) is -0.167. The van der Waals surface area contributed by atoms with E-state index in [1.165, 1.54) is 6.92 Å². The SMILES string of the molecule is CC(O)(CO)CNC(=O)Cc1ccccc1. The molecule has 0 heterocycles. The van der Waals surface area contributed by atoms with Crippen molar-refractivity contribution in [1.29, 1.82) is 0 Å². The van der Waals surface area contributed by atoms with Crippen LogP contribution in [0.2, 0.25) is 0 Å². The van der Waals surface area contributed by atoms with Crippen LogP contribution in [0.4, 0.5) is 0 Å². The fourth-order valence-corrected chi connectivity index (χ4v) is 1.19. The molecule has 1 rings (SSSR count). The van der Waals surface area contributed by atoms with Crippen LogP contribution in [-0.2, 0) is 11.2 Å². The van der Waals surface area contributed by atoms with Gasteiger partial charge >= 0.3 is 0 Å². The lowest BCUT2D eigenvalue weighted by Crippen LogP contribution is -2.43. The predicted molar refractivity (Wildman–Crippen MR) is 60.9 cm³/mol. The molecular formula is C12H17NO3. The Bertz CT molecular complexity index is 335. The molecule has 1 amide bonds. The fraction of sp³-hybridized carbons (Fsp3) is 0.417. The van der Waals surface area contributed by atoms with Gasteiger partial charge in [0.2, 0.25) is 5.91 Å². The second kappa shape index (κ2) is 5.63. The maximum absolute atomic E-state index is 11.5. The van der Waals surface area contributed by atoms with E-state index in [-0.39, 0.29) is 25.5 Å². The van der Waals surface area contributed by atoms with Gasteiger partial charge in [0, 0.05) is 6.54 Å². The minimum Gasteiger partial charge on any atom is -0.393 e. The molecule has 3 N–H and O–H groups in total. The van der Waals surface area contributed by atoms with Gasteiger partial charge in [-0.2, -0.15) is 0 Å². The zero-order valence-electron chi connectivity index (χ0n) is 9.31. The minimum atomic E-state index is -1.26. The van der Waals surface area contributed by atoms with Gasteiger partial charge < -0.3 is 15.5 Å². The van der Waals surface area contributed by atoms with Crippen molar-refractivity contribution in [2.24, 2.45) is 0 Å². The predicted octanol–water partition coefficient (Wildman–Crippen LogP) is 0.0886. The van der Waals surface area contributed by atoms with E-state index in [9.17, 15) is 9.90 Å². The molecule has 0 radical (unpaired) electrons. The topological polar surface area (TPSA) is 69.6 Å². The third-order valence-electron chi connectivity index (χ3n) is 2.21. The summed E-state index contributed by atoms with van der Waals surface area (Å²) in [6.45, 7) is 1.14. The van der Waals surface area contributed by atoms with Gasteiger partial charge in [-0.1, -0.05) is 30.3 Å². The summed E-state index contributed by atoms with van der Waals surface area (Å²) in [5, 5.41) is 20.8. The van der Waals surface area contributed by atoms with Gasteiger partial charge in [-0.25, -0.2) is 0 Å². The van der Waals surface area contributed by atoms with E-state index in [1.54, 1.807) is 0 Å². The number of hydrogen-bond acceptors (Lipinski definition) is 3. The molecule has 1 aromatic carbocycles. The van der Waals surface area contributed by atoms with Crippen molar-refractivity contribution in [3.63, 3.8) is 0 Å². The van der Waals surface area contributed by atoms with Crippen molar-refractivity contribution in [3.05, 3.63) is 35.9 Å². The molecule has 16 heavy (non-hydrogen) atoms. The quantitative estimate of drug-likeness (QED) is 0.662. The van der Waals surface area contributed by atoms with Gasteiger partial charge in [0.1, 0.15) is 5.60 Å². The molecular weight excluding hydrogens is 206 g/mol. The van der Waals surface area contributed by atoms with Crippen LogP contribution in [0.3, 0.4) is 0 Å². The number of carbonyl (C=O) groups is 1. The number of aliphatic hydroxyl groups is 2. The highest BCUT2D eigenvalue weighted by Gasteiger charge is 2.19. The molecule has 1 aromatic rings. The standard InChI is InChI=1S/C12H17NO3/c1-12(16,9-14)8-13-11(15)7-10-5-3-2-4-6-10/h2-6,14,16H,7-9H2,1H3,(H,13,15). The van der Waals surface area contributed by atoms with E-state index >= 15 is 0 Å². The monoisotopic (exact) mass is 223 g/mol. The number of aliphatic hydroxyl groups excluding tert-OH is 1. The maximum Gasteiger partial charge on any atom is 0.224 e. The van der Waals surface area contributed by atoms with Crippen LogP contribution in [-0.4, -0.2) is 34.9 Å². The van der Waals surface area contributed by atoms with Crippen molar-refractivity contribution in [3.8, 4) is 0 Å². The summed E-state index contributed by atoms with van der Waals surface area (Å²) in [4.78, 5) is 11.5. The number of carbonyl (C=O) groups excluding carboxylic acids is 1. The molecule has 0 fully saturated rings. The van der Waals surface area contributed by atoms with Gasteiger partial charge in [-0.05, 0) is 12.5 Å². The summed E-state index contributed by atoms with van der Waals surface area (Å²) in [7, 11) is 0. The Morgan fingerprint density at radius 2 is 2.00 bits per heavy atom. The van der Waals surface area contributed by atoms with Crippen LogP contribution in [0.15, 0.2) is 30.3 Å². The smallest absolute Gasteiger partial charge is 0.224 e. The Morgan fingerprint density at radius 3 is 2.56 bits per heavy atom. The second-order valence-electron chi connectivity index (χ2n) is 4.09. The zero-order chi connectivity index (χ0) is 12.0. The first-order valence-corrected chi connectivity index (χ1v) is 5.17. The Morgan fingerprint density at radius 1 is 1.38 bits per heavy atom. The largest absolute Gasteiger partial charge is 0.393 e. The van der Waals surface area contributed by atoms with E-state index in [4.69, 9.17) is 5.11 Å². The van der Waals surface area contributed by atoms with E-state index < -0.39 is 5.60 Å². The minimum absolute atomic E-state index is 0.0508. The highest BCUT2D eigenvalue weighted by molar-refractivity contribution is 5.78. The van der Waals surface area contributed by atoms with E-state index in [0.29, 0.717) is 0 Å². The first kappa shape index (κ1) is 12.7. The van der Waals surface area contributed by atoms with Crippen LogP contribution in [0, 0.1) is 0 Å². The average Bonchev–Trinajstić information content (AvgIpc) is 2.28. The number of rotatable bonds is 5. The highest BCUT2D eigenvalue weighted by Crippen LogP contribution is 2.01. The molecule has 0 aliphatic rings. The lowest BCUT2D eigenvalue weighted by molar-refractivity contribution is -0.121. The first-order valence-electron chi connectivity index (χ1n) is 5.17. The van der Waals surface area contributed by atoms with E-state index in [1.807, 2.05) is 30.3 Å². The lowest BCUT2D eigenvalue weighted by Gasteiger charge is -2.20. The molecule has 4 heteroatoms. The molecule has 0 spiro atoms. The maximum atomic E-state index is 11.5. The summed E-state index contributed by atoms with van der Waals surface area (Å²) in [6, 6.07) is 9.35. The van der Waals surface area contributed by atoms with Gasteiger partial charge in [-0.3, -0.25) is 4.79 Å². The van der Waals surface area contributed by atoms with Crippen molar-refractivity contribution in [2.45, 2.75) is 18.9 Å². The van der Waals surface area contributed by atoms with Gasteiger partial charge in [-0.15, -0.1) is 0 Å². The molecule has 0 aromatic heterocycles. The number of nitrogens with one attached hydrogen (secondary N) is 1. The van der Waals surface area contributed by atoms with Crippen LogP contribution in [0.5, 0.6) is 0 Å². The third kappa shape index (κ3) is 4.42. The summed E-state index contributed by atoms with van der Waals surface area (Å²) in [6.07, 6.45) is 0.280. The summed E-state index contributed by atoms with van der Waals surface area (Å²) in [5.41, 5.74) is -0.338. The molecule has 0 bridgehead atoms. The first-order chi connectivity index (χ1) is 7.53. The molecule has 0 saturated carbocycles. The Balaban J connectivity index is 2.38. The van der Waals surface area contributed by atoms with E-state index in [2.05, 4.69) is 5.32 Å². The number of amides is 1. The Labute approximate surface area is 94.9 Å². The molecule has 4 nitrogen and oxygen atoms in total. The van der Waals surface area contributed by atoms with Gasteiger partial charge in [0.05, 0.1) is 13.0 Å². The van der Waals surface area contributed by atoms with Crippen molar-refractivity contribution >= 4 is 5.91 Å². The molecule has 0 aliphatic heterocycles. The molecule has 1 atom stereocenters. The molecule has 0 aliphatic carbocycles. The number of hydrogen-bond donors (Lipinski definition) is 3. The highest BCUT2D eigenvalue weighted by atomic mass is 16.3. The summed E-state index contributed by atoms with van der Waals surface area (Å²) >= 11 is 0. The molecule has 1 unspecified atom stereocenters. The molecule has 0 saturated heterocycles. The normalized spacial score (nSPS) is 14.2. The van der Waals surface area contributed by atoms with Gasteiger partial charge in [0.15, 0.2) is 0 Å². The lowest BCUT2D eigenvalue weighted by atomic mass is 10.1. The van der Waals surface area contributed by atoms with Crippen molar-refractivity contribution < 1.29 is 15.0 Å². The average molecular weight is 223 g/mol. The fourth-order valence-electron chi connectivity index (χ4n) is 1.19. The number of benzene rings is 1. The summed E-state index contributed by atoms with van der Waals surface area (Å²) < 4.78 is 0. The van der Waals surface area contributed by atoms with Crippen LogP contribution >= 0.6 is 0 Å². The van der Waals surface area contributed by atoms with Crippen LogP contribution in [0.1, 0.15) is 12.5 Å². The Hall–Kier alpha value is -1.39. The Kier molecular flexibility index (Phi) is 4.46. The van der Waals surface area contributed by atoms with Crippen LogP contribution < -0.4 is 5.32 Å². The van der Waals surface area contributed by atoms with E-state index in [0.717, 1.165) is 5.56 Å². The van der Waals surface area contributed by atoms with Crippen molar-refractivity contribution in [2.75, 3.05) is 13.2 Å². The molecule has 88 valence electrons. The van der Waals surface area contributed by atoms with Gasteiger partial charge in [0.25, 0.3) is 0 Å². The second-order valence-corrected chi connectivity index (χ2v) is 4.09. The third-order valence-corrected chi connectivity index (χ3v) is 2.21. The van der Waals surface area contributed by atoms with Crippen LogP contribution in [0.25, 0.3) is 0 Å². The zero-order valence-corrected chi connectivity index (χ0v) is 9.31.